The molecule has 1 fully saturated rings. The van der Waals surface area contributed by atoms with Gasteiger partial charge < -0.3 is 10.1 Å². The average Bonchev–Trinajstić information content (AvgIpc) is 2.47. The van der Waals surface area contributed by atoms with Crippen molar-refractivity contribution in [3.63, 3.8) is 0 Å². The minimum absolute atomic E-state index is 0.102. The lowest BCUT2D eigenvalue weighted by atomic mass is 10.1. The number of benzene rings is 1. The molecule has 1 aromatic carbocycles. The van der Waals surface area contributed by atoms with Gasteiger partial charge in [-0.15, -0.1) is 0 Å². The third-order valence-electron chi connectivity index (χ3n) is 3.81. The van der Waals surface area contributed by atoms with Gasteiger partial charge >= 0.3 is 6.09 Å². The first-order valence-electron chi connectivity index (χ1n) is 7.54. The molecule has 0 aromatic heterocycles. The summed E-state index contributed by atoms with van der Waals surface area (Å²) in [7, 11) is -3.65. The van der Waals surface area contributed by atoms with Crippen LogP contribution in [0.1, 0.15) is 25.3 Å². The largest absolute Gasteiger partial charge is 0.450 e. The van der Waals surface area contributed by atoms with E-state index in [1.165, 1.54) is 16.4 Å². The smallest absolute Gasteiger partial charge is 0.407 e. The second kappa shape index (κ2) is 7.27. The van der Waals surface area contributed by atoms with Crippen LogP contribution < -0.4 is 5.32 Å². The number of aryl methyl sites for hydroxylation is 1. The molecule has 6 nitrogen and oxygen atoms in total. The fourth-order valence-corrected chi connectivity index (χ4v) is 4.30. The molecule has 0 saturated carbocycles. The summed E-state index contributed by atoms with van der Waals surface area (Å²) in [5.41, 5.74) is 0.386. The van der Waals surface area contributed by atoms with Gasteiger partial charge in [-0.3, -0.25) is 0 Å². The molecule has 0 aliphatic carbocycles. The van der Waals surface area contributed by atoms with E-state index in [0.29, 0.717) is 38.1 Å². The number of rotatable bonds is 4. The Kier molecular flexibility index (Phi) is 5.59. The van der Waals surface area contributed by atoms with Crippen LogP contribution in [-0.4, -0.2) is 44.6 Å². The number of piperidine rings is 1. The molecule has 0 radical (unpaired) electrons. The second-order valence-electron chi connectivity index (χ2n) is 5.45. The Morgan fingerprint density at radius 1 is 1.39 bits per heavy atom. The maximum absolute atomic E-state index is 13.2. The topological polar surface area (TPSA) is 75.7 Å². The van der Waals surface area contributed by atoms with Gasteiger partial charge in [0, 0.05) is 19.1 Å². The van der Waals surface area contributed by atoms with Crippen LogP contribution in [-0.2, 0) is 14.8 Å². The van der Waals surface area contributed by atoms with Gasteiger partial charge in [0.1, 0.15) is 5.82 Å². The molecule has 0 spiro atoms. The Morgan fingerprint density at radius 3 is 2.61 bits per heavy atom. The summed E-state index contributed by atoms with van der Waals surface area (Å²) in [6, 6.07) is 3.55. The Labute approximate surface area is 135 Å². The van der Waals surface area contributed by atoms with E-state index in [9.17, 15) is 17.6 Å². The Bertz CT molecular complexity index is 670. The highest BCUT2D eigenvalue weighted by Gasteiger charge is 2.31. The van der Waals surface area contributed by atoms with E-state index in [1.54, 1.807) is 13.8 Å². The highest BCUT2D eigenvalue weighted by atomic mass is 32.2. The molecule has 0 bridgehead atoms. The first-order valence-corrected chi connectivity index (χ1v) is 8.98. The van der Waals surface area contributed by atoms with Crippen molar-refractivity contribution in [3.05, 3.63) is 29.6 Å². The minimum Gasteiger partial charge on any atom is -0.450 e. The zero-order valence-electron chi connectivity index (χ0n) is 13.2. The molecule has 23 heavy (non-hydrogen) atoms. The summed E-state index contributed by atoms with van der Waals surface area (Å²) in [4.78, 5) is 11.5. The molecule has 1 amide bonds. The van der Waals surface area contributed by atoms with E-state index in [4.69, 9.17) is 4.74 Å². The Hall–Kier alpha value is -1.67. The second-order valence-corrected chi connectivity index (χ2v) is 7.36. The highest BCUT2D eigenvalue weighted by Crippen LogP contribution is 2.24. The molecule has 128 valence electrons. The number of ether oxygens (including phenoxy) is 1. The zero-order valence-corrected chi connectivity index (χ0v) is 14.0. The third kappa shape index (κ3) is 4.20. The lowest BCUT2D eigenvalue weighted by Gasteiger charge is -2.31. The SMILES string of the molecule is CCOC(=O)NC1CCN(S(=O)(=O)c2ccc(F)cc2C)CC1. The van der Waals surface area contributed by atoms with Crippen LogP contribution in [0.2, 0.25) is 0 Å². The van der Waals surface area contributed by atoms with E-state index >= 15 is 0 Å². The van der Waals surface area contributed by atoms with Gasteiger partial charge in [0.2, 0.25) is 10.0 Å². The molecule has 0 atom stereocenters. The van der Waals surface area contributed by atoms with E-state index in [0.717, 1.165) is 6.07 Å². The Balaban J connectivity index is 2.02. The third-order valence-corrected chi connectivity index (χ3v) is 5.86. The fraction of sp³-hybridized carbons (Fsp3) is 0.533. The summed E-state index contributed by atoms with van der Waals surface area (Å²) in [5.74, 6) is -0.459. The van der Waals surface area contributed by atoms with Crippen LogP contribution in [0.25, 0.3) is 0 Å². The number of hydrogen-bond donors (Lipinski definition) is 1. The van der Waals surface area contributed by atoms with Gasteiger partial charge in [0.25, 0.3) is 0 Å². The minimum atomic E-state index is -3.65. The molecule has 1 heterocycles. The molecule has 8 heteroatoms. The van der Waals surface area contributed by atoms with Crippen LogP contribution in [0.3, 0.4) is 0 Å². The van der Waals surface area contributed by atoms with E-state index in [1.807, 2.05) is 0 Å². The average molecular weight is 344 g/mol. The Morgan fingerprint density at radius 2 is 2.04 bits per heavy atom. The standard InChI is InChI=1S/C15H21FN2O4S/c1-3-22-15(19)17-13-6-8-18(9-7-13)23(20,21)14-5-4-12(16)10-11(14)2/h4-5,10,13H,3,6-9H2,1-2H3,(H,17,19). The summed E-state index contributed by atoms with van der Waals surface area (Å²) in [5, 5.41) is 2.72. The molecular weight excluding hydrogens is 323 g/mol. The van der Waals surface area contributed by atoms with Crippen LogP contribution in [0.5, 0.6) is 0 Å². The van der Waals surface area contributed by atoms with Crippen LogP contribution in [0, 0.1) is 12.7 Å². The van der Waals surface area contributed by atoms with Crippen molar-refractivity contribution < 1.29 is 22.3 Å². The van der Waals surface area contributed by atoms with Crippen molar-refractivity contribution in [2.75, 3.05) is 19.7 Å². The molecule has 0 unspecified atom stereocenters. The number of nitrogens with zero attached hydrogens (tertiary/aromatic N) is 1. The van der Waals surface area contributed by atoms with Crippen LogP contribution >= 0.6 is 0 Å². The van der Waals surface area contributed by atoms with Crippen molar-refractivity contribution in [1.29, 1.82) is 0 Å². The lowest BCUT2D eigenvalue weighted by molar-refractivity contribution is 0.143. The predicted octanol–water partition coefficient (Wildman–Crippen LogP) is 2.03. The van der Waals surface area contributed by atoms with Gasteiger partial charge in [-0.25, -0.2) is 17.6 Å². The predicted molar refractivity (Wildman–Crippen MR) is 83.1 cm³/mol. The van der Waals surface area contributed by atoms with Gasteiger partial charge in [0.05, 0.1) is 11.5 Å². The van der Waals surface area contributed by atoms with Crippen LogP contribution in [0.15, 0.2) is 23.1 Å². The zero-order chi connectivity index (χ0) is 17.0. The molecular formula is C15H21FN2O4S. The number of nitrogens with one attached hydrogen (secondary N) is 1. The van der Waals surface area contributed by atoms with Crippen molar-refractivity contribution in [2.24, 2.45) is 0 Å². The van der Waals surface area contributed by atoms with Crippen molar-refractivity contribution in [3.8, 4) is 0 Å². The molecule has 1 saturated heterocycles. The molecule has 1 aliphatic rings. The number of carbonyl (C=O) groups excluding carboxylic acids is 1. The summed E-state index contributed by atoms with van der Waals surface area (Å²) >= 11 is 0. The van der Waals surface area contributed by atoms with Crippen molar-refractivity contribution >= 4 is 16.1 Å². The summed E-state index contributed by atoms with van der Waals surface area (Å²) in [6.45, 7) is 4.19. The van der Waals surface area contributed by atoms with Gasteiger partial charge in [-0.2, -0.15) is 4.31 Å². The number of halogens is 1. The quantitative estimate of drug-likeness (QED) is 0.907. The van der Waals surface area contributed by atoms with Gasteiger partial charge in [0.15, 0.2) is 0 Å². The normalized spacial score (nSPS) is 17.0. The number of sulfonamides is 1. The maximum atomic E-state index is 13.2. The number of amides is 1. The van der Waals surface area contributed by atoms with Crippen molar-refractivity contribution in [2.45, 2.75) is 37.6 Å². The monoisotopic (exact) mass is 344 g/mol. The summed E-state index contributed by atoms with van der Waals surface area (Å²) in [6.07, 6.45) is 0.541. The van der Waals surface area contributed by atoms with Crippen molar-refractivity contribution in [1.82, 2.24) is 9.62 Å². The molecule has 1 aromatic rings. The van der Waals surface area contributed by atoms with E-state index in [-0.39, 0.29) is 10.9 Å². The highest BCUT2D eigenvalue weighted by molar-refractivity contribution is 7.89. The van der Waals surface area contributed by atoms with Crippen LogP contribution in [0.4, 0.5) is 9.18 Å². The summed E-state index contributed by atoms with van der Waals surface area (Å²) < 4.78 is 44.6. The van der Waals surface area contributed by atoms with E-state index in [2.05, 4.69) is 5.32 Å². The molecule has 1 N–H and O–H groups in total. The van der Waals surface area contributed by atoms with Gasteiger partial charge in [-0.1, -0.05) is 0 Å². The number of hydrogen-bond acceptors (Lipinski definition) is 4. The lowest BCUT2D eigenvalue weighted by Crippen LogP contribution is -2.46. The first-order chi connectivity index (χ1) is 10.8. The maximum Gasteiger partial charge on any atom is 0.407 e. The van der Waals surface area contributed by atoms with E-state index < -0.39 is 21.9 Å². The number of alkyl carbamates (subject to hydrolysis) is 1. The molecule has 2 rings (SSSR count). The van der Waals surface area contributed by atoms with Gasteiger partial charge in [-0.05, 0) is 50.5 Å². The fourth-order valence-electron chi connectivity index (χ4n) is 2.62. The molecule has 1 aliphatic heterocycles. The first kappa shape index (κ1) is 17.7. The number of carbonyl (C=O) groups is 1.